The first kappa shape index (κ1) is 19.6. The first-order valence-corrected chi connectivity index (χ1v) is 10.5. The fraction of sp³-hybridized carbons (Fsp3) is 0.304. The highest BCUT2D eigenvalue weighted by Gasteiger charge is 2.43. The van der Waals surface area contributed by atoms with E-state index in [0.717, 1.165) is 16.8 Å². The smallest absolute Gasteiger partial charge is 0.321 e. The monoisotopic (exact) mass is 419 g/mol. The number of β-amino-alcohol motifs (C(OH)–C–C–N with tert-alkyl or cyclic N) is 1. The molecule has 0 radical (unpaired) electrons. The van der Waals surface area contributed by atoms with Crippen LogP contribution in [0.1, 0.15) is 12.0 Å². The average molecular weight is 419 g/mol. The Kier molecular flexibility index (Phi) is 5.09. The van der Waals surface area contributed by atoms with E-state index in [1.807, 2.05) is 60.8 Å². The van der Waals surface area contributed by atoms with Gasteiger partial charge in [0.05, 0.1) is 18.7 Å². The first-order valence-electron chi connectivity index (χ1n) is 10.5. The third kappa shape index (κ3) is 3.75. The quantitative estimate of drug-likeness (QED) is 0.608. The van der Waals surface area contributed by atoms with Gasteiger partial charge in [0, 0.05) is 30.7 Å². The van der Waals surface area contributed by atoms with Gasteiger partial charge in [-0.1, -0.05) is 30.3 Å². The summed E-state index contributed by atoms with van der Waals surface area (Å²) in [6, 6.07) is 17.3. The lowest BCUT2D eigenvalue weighted by molar-refractivity contribution is -0.125. The fourth-order valence-electron chi connectivity index (χ4n) is 4.46. The third-order valence-corrected chi connectivity index (χ3v) is 6.06. The van der Waals surface area contributed by atoms with Crippen LogP contribution in [-0.2, 0) is 4.79 Å². The van der Waals surface area contributed by atoms with Crippen molar-refractivity contribution >= 4 is 28.9 Å². The van der Waals surface area contributed by atoms with Crippen LogP contribution in [0.5, 0.6) is 0 Å². The zero-order valence-corrected chi connectivity index (χ0v) is 17.0. The summed E-state index contributed by atoms with van der Waals surface area (Å²) in [6.45, 7) is 1.34. The Morgan fingerprint density at radius 3 is 2.58 bits per heavy atom. The van der Waals surface area contributed by atoms with Gasteiger partial charge in [-0.3, -0.25) is 10.1 Å². The van der Waals surface area contributed by atoms with Crippen molar-refractivity contribution in [3.63, 3.8) is 0 Å². The predicted octanol–water partition coefficient (Wildman–Crippen LogP) is 1.77. The molecule has 160 valence electrons. The first-order chi connectivity index (χ1) is 15.1. The van der Waals surface area contributed by atoms with Crippen molar-refractivity contribution in [2.24, 2.45) is 5.92 Å². The third-order valence-electron chi connectivity index (χ3n) is 6.06. The predicted molar refractivity (Wildman–Crippen MR) is 118 cm³/mol. The molecular formula is C23H25N5O3. The lowest BCUT2D eigenvalue weighted by Crippen LogP contribution is -2.58. The van der Waals surface area contributed by atoms with Crippen LogP contribution in [0.15, 0.2) is 60.8 Å². The number of nitrogens with one attached hydrogen (secondary N) is 3. The molecule has 3 unspecified atom stereocenters. The highest BCUT2D eigenvalue weighted by molar-refractivity contribution is 5.97. The van der Waals surface area contributed by atoms with E-state index in [9.17, 15) is 14.7 Å². The largest absolute Gasteiger partial charge is 0.391 e. The molecule has 3 aliphatic heterocycles. The van der Waals surface area contributed by atoms with Crippen LogP contribution < -0.4 is 20.9 Å². The van der Waals surface area contributed by atoms with Crippen molar-refractivity contribution in [1.29, 1.82) is 0 Å². The summed E-state index contributed by atoms with van der Waals surface area (Å²) in [5, 5.41) is 18.8. The molecule has 5 rings (SSSR count). The normalized spacial score (nSPS) is 25.1. The van der Waals surface area contributed by atoms with Gasteiger partial charge in [-0.05, 0) is 41.8 Å². The van der Waals surface area contributed by atoms with Crippen LogP contribution in [0, 0.1) is 5.92 Å². The zero-order chi connectivity index (χ0) is 21.4. The molecule has 0 spiro atoms. The van der Waals surface area contributed by atoms with E-state index < -0.39 is 6.10 Å². The molecule has 2 aromatic carbocycles. The SMILES string of the molecule is O=C1NCNC2C1C(c1ccc(NC(=O)N3CCC(O)C3)cc1)=CN2c1ccccc1. The number of urea groups is 1. The molecule has 2 fully saturated rings. The van der Waals surface area contributed by atoms with E-state index in [1.54, 1.807) is 4.90 Å². The molecule has 4 N–H and O–H groups in total. The van der Waals surface area contributed by atoms with Crippen molar-refractivity contribution < 1.29 is 14.7 Å². The van der Waals surface area contributed by atoms with Gasteiger partial charge in [-0.25, -0.2) is 4.79 Å². The number of carbonyl (C=O) groups is 2. The minimum atomic E-state index is -0.446. The Morgan fingerprint density at radius 2 is 1.87 bits per heavy atom. The Morgan fingerprint density at radius 1 is 1.10 bits per heavy atom. The number of aliphatic hydroxyl groups excluding tert-OH is 1. The Labute approximate surface area is 180 Å². The van der Waals surface area contributed by atoms with E-state index in [-0.39, 0.29) is 24.0 Å². The fourth-order valence-corrected chi connectivity index (χ4v) is 4.46. The number of amides is 3. The number of anilines is 2. The molecule has 0 saturated carbocycles. The van der Waals surface area contributed by atoms with Gasteiger partial charge in [0.2, 0.25) is 5.91 Å². The summed E-state index contributed by atoms with van der Waals surface area (Å²) in [5.41, 5.74) is 3.56. The summed E-state index contributed by atoms with van der Waals surface area (Å²) in [7, 11) is 0. The maximum absolute atomic E-state index is 12.7. The Bertz CT molecular complexity index is 1010. The molecule has 31 heavy (non-hydrogen) atoms. The molecule has 3 heterocycles. The maximum Gasteiger partial charge on any atom is 0.321 e. The summed E-state index contributed by atoms with van der Waals surface area (Å²) < 4.78 is 0. The highest BCUT2D eigenvalue weighted by Crippen LogP contribution is 2.38. The number of benzene rings is 2. The van der Waals surface area contributed by atoms with E-state index >= 15 is 0 Å². The lowest BCUT2D eigenvalue weighted by Gasteiger charge is -2.34. The van der Waals surface area contributed by atoms with Crippen molar-refractivity contribution in [2.45, 2.75) is 18.7 Å². The average Bonchev–Trinajstić information content (AvgIpc) is 3.40. The van der Waals surface area contributed by atoms with Gasteiger partial charge < -0.3 is 25.5 Å². The van der Waals surface area contributed by atoms with Gasteiger partial charge in [0.15, 0.2) is 0 Å². The topological polar surface area (TPSA) is 96.9 Å². The molecule has 0 aliphatic carbocycles. The van der Waals surface area contributed by atoms with Crippen LogP contribution in [-0.4, -0.2) is 54.0 Å². The van der Waals surface area contributed by atoms with E-state index in [1.165, 1.54) is 0 Å². The maximum atomic E-state index is 12.7. The molecule has 3 aliphatic rings. The Hall–Kier alpha value is -3.36. The second-order valence-electron chi connectivity index (χ2n) is 8.07. The molecule has 3 atom stereocenters. The molecule has 3 amide bonds. The van der Waals surface area contributed by atoms with Crippen LogP contribution in [0.2, 0.25) is 0 Å². The van der Waals surface area contributed by atoms with Crippen molar-refractivity contribution in [3.05, 3.63) is 66.4 Å². The standard InChI is InChI=1S/C23H25N5O3/c29-18-10-11-27(12-18)23(31)26-16-8-6-15(7-9-16)19-13-28(17-4-2-1-3-5-17)21-20(19)22(30)25-14-24-21/h1-9,13,18,20-21,24,29H,10-12,14H2,(H,25,30)(H,26,31). The van der Waals surface area contributed by atoms with Crippen LogP contribution in [0.3, 0.4) is 0 Å². The van der Waals surface area contributed by atoms with Crippen molar-refractivity contribution in [2.75, 3.05) is 30.0 Å². The summed E-state index contributed by atoms with van der Waals surface area (Å²) in [5.74, 6) is -0.334. The van der Waals surface area contributed by atoms with E-state index in [2.05, 4.69) is 20.9 Å². The number of para-hydroxylation sites is 1. The molecule has 0 bridgehead atoms. The summed E-state index contributed by atoms with van der Waals surface area (Å²) in [6.07, 6.45) is 2.05. The second-order valence-corrected chi connectivity index (χ2v) is 8.07. The number of rotatable bonds is 3. The number of hydrogen-bond donors (Lipinski definition) is 4. The van der Waals surface area contributed by atoms with Crippen molar-refractivity contribution in [1.82, 2.24) is 15.5 Å². The number of likely N-dealkylation sites (tertiary alicyclic amines) is 1. The van der Waals surface area contributed by atoms with Gasteiger partial charge in [-0.15, -0.1) is 0 Å². The van der Waals surface area contributed by atoms with Crippen LogP contribution in [0.25, 0.3) is 5.57 Å². The van der Waals surface area contributed by atoms with Gasteiger partial charge in [0.1, 0.15) is 6.17 Å². The molecule has 2 saturated heterocycles. The van der Waals surface area contributed by atoms with Gasteiger partial charge >= 0.3 is 6.03 Å². The van der Waals surface area contributed by atoms with Gasteiger partial charge in [-0.2, -0.15) is 0 Å². The number of aliphatic hydroxyl groups is 1. The summed E-state index contributed by atoms with van der Waals surface area (Å²) >= 11 is 0. The Balaban J connectivity index is 1.38. The second kappa shape index (κ2) is 8.05. The number of hydrogen-bond acceptors (Lipinski definition) is 5. The lowest BCUT2D eigenvalue weighted by atomic mass is 9.91. The zero-order valence-electron chi connectivity index (χ0n) is 17.0. The van der Waals surface area contributed by atoms with Crippen LogP contribution >= 0.6 is 0 Å². The minimum Gasteiger partial charge on any atom is -0.391 e. The molecule has 8 heteroatoms. The number of fused-ring (bicyclic) bond motifs is 1. The molecular weight excluding hydrogens is 394 g/mol. The molecule has 2 aromatic rings. The minimum absolute atomic E-state index is 0.00148. The molecule has 0 aromatic heterocycles. The highest BCUT2D eigenvalue weighted by atomic mass is 16.3. The van der Waals surface area contributed by atoms with Crippen molar-refractivity contribution in [3.8, 4) is 0 Å². The molecule has 8 nitrogen and oxygen atoms in total. The van der Waals surface area contributed by atoms with E-state index in [4.69, 9.17) is 0 Å². The number of carbonyl (C=O) groups excluding carboxylic acids is 2. The van der Waals surface area contributed by atoms with Crippen LogP contribution in [0.4, 0.5) is 16.2 Å². The number of nitrogens with zero attached hydrogens (tertiary/aromatic N) is 2. The summed E-state index contributed by atoms with van der Waals surface area (Å²) in [4.78, 5) is 28.8. The van der Waals surface area contributed by atoms with Gasteiger partial charge in [0.25, 0.3) is 0 Å². The van der Waals surface area contributed by atoms with E-state index in [0.29, 0.717) is 31.9 Å².